The van der Waals surface area contributed by atoms with Crippen LogP contribution in [0.4, 0.5) is 0 Å². The molecule has 1 aromatic carbocycles. The van der Waals surface area contributed by atoms with Crippen molar-refractivity contribution in [1.29, 1.82) is 0 Å². The standard InChI is InChI=1S/C8H8O4.Li/c1-12-7-4-5(8(10)11)2-3-6(7)9;/h2-4,9H,1H3,(H,10,11);/q;+1/p-1. The molecule has 4 nitrogen and oxygen atoms in total. The maximum atomic E-state index is 10.3. The van der Waals surface area contributed by atoms with Crippen molar-refractivity contribution in [3.8, 4) is 11.5 Å². The monoisotopic (exact) mass is 174 g/mol. The van der Waals surface area contributed by atoms with E-state index in [9.17, 15) is 9.90 Å². The van der Waals surface area contributed by atoms with Crippen LogP contribution in [0.25, 0.3) is 0 Å². The molecule has 0 aliphatic heterocycles. The fraction of sp³-hybridized carbons (Fsp3) is 0.125. The molecule has 13 heavy (non-hydrogen) atoms. The normalized spacial score (nSPS) is 8.69. The van der Waals surface area contributed by atoms with Crippen molar-refractivity contribution >= 4 is 5.97 Å². The van der Waals surface area contributed by atoms with Crippen molar-refractivity contribution in [2.75, 3.05) is 7.11 Å². The predicted octanol–water partition coefficient (Wildman–Crippen LogP) is -3.23. The largest absolute Gasteiger partial charge is 1.00 e. The van der Waals surface area contributed by atoms with Gasteiger partial charge in [0.05, 0.1) is 13.1 Å². The number of methoxy groups -OCH3 is 1. The molecule has 0 aliphatic rings. The van der Waals surface area contributed by atoms with Gasteiger partial charge in [0.1, 0.15) is 0 Å². The number of carboxylic acids is 1. The van der Waals surface area contributed by atoms with E-state index in [2.05, 4.69) is 0 Å². The van der Waals surface area contributed by atoms with Crippen LogP contribution < -0.4 is 28.7 Å². The minimum absolute atomic E-state index is 0. The van der Waals surface area contributed by atoms with Gasteiger partial charge in [0.15, 0.2) is 11.5 Å². The van der Waals surface area contributed by atoms with Crippen LogP contribution in [-0.4, -0.2) is 18.2 Å². The summed E-state index contributed by atoms with van der Waals surface area (Å²) in [7, 11) is 1.34. The van der Waals surface area contributed by atoms with Crippen molar-refractivity contribution in [1.82, 2.24) is 0 Å². The van der Waals surface area contributed by atoms with Gasteiger partial charge in [-0.2, -0.15) is 0 Å². The first-order valence-electron chi connectivity index (χ1n) is 3.23. The second-order valence-corrected chi connectivity index (χ2v) is 2.17. The number of aromatic carboxylic acids is 1. The fourth-order valence-corrected chi connectivity index (χ4v) is 0.805. The van der Waals surface area contributed by atoms with Crippen LogP contribution in [0.5, 0.6) is 11.5 Å². The predicted molar refractivity (Wildman–Crippen MR) is 39.0 cm³/mol. The van der Waals surface area contributed by atoms with Gasteiger partial charge in [0, 0.05) is 5.56 Å². The molecule has 0 aromatic heterocycles. The number of carbonyl (C=O) groups excluding carboxylic acids is 1. The maximum Gasteiger partial charge on any atom is 1.00 e. The molecule has 0 spiro atoms. The summed E-state index contributed by atoms with van der Waals surface area (Å²) in [6.45, 7) is 0. The number of aromatic hydroxyl groups is 1. The molecule has 0 unspecified atom stereocenters. The van der Waals surface area contributed by atoms with E-state index in [1.54, 1.807) is 0 Å². The number of benzene rings is 1. The Balaban J connectivity index is 0.00000144. The van der Waals surface area contributed by atoms with Crippen molar-refractivity contribution in [2.45, 2.75) is 0 Å². The van der Waals surface area contributed by atoms with Gasteiger partial charge in [0.2, 0.25) is 0 Å². The zero-order valence-corrected chi connectivity index (χ0v) is 7.40. The zero-order valence-electron chi connectivity index (χ0n) is 7.40. The van der Waals surface area contributed by atoms with Crippen molar-refractivity contribution in [2.24, 2.45) is 0 Å². The number of phenolic OH excluding ortho intramolecular Hbond substituents is 1. The zero-order chi connectivity index (χ0) is 9.14. The van der Waals surface area contributed by atoms with E-state index < -0.39 is 5.97 Å². The molecule has 0 fully saturated rings. The molecule has 0 heterocycles. The molecule has 0 saturated heterocycles. The second-order valence-electron chi connectivity index (χ2n) is 2.17. The SMILES string of the molecule is COc1cc(C(=O)[O-])ccc1O.[Li+]. The summed E-state index contributed by atoms with van der Waals surface area (Å²) in [5, 5.41) is 19.4. The molecule has 0 saturated carbocycles. The Bertz CT molecular complexity index is 311. The number of hydrogen-bond donors (Lipinski definition) is 1. The maximum absolute atomic E-state index is 10.3. The van der Waals surface area contributed by atoms with Gasteiger partial charge in [-0.3, -0.25) is 0 Å². The van der Waals surface area contributed by atoms with Gasteiger partial charge in [-0.05, 0) is 18.2 Å². The fourth-order valence-electron chi connectivity index (χ4n) is 0.805. The van der Waals surface area contributed by atoms with Crippen molar-refractivity contribution in [3.63, 3.8) is 0 Å². The van der Waals surface area contributed by atoms with Crippen LogP contribution in [0, 0.1) is 0 Å². The summed E-state index contributed by atoms with van der Waals surface area (Å²) in [6, 6.07) is 3.68. The summed E-state index contributed by atoms with van der Waals surface area (Å²) in [5.41, 5.74) is -0.0235. The molecular formula is C8H7LiO4. The van der Waals surface area contributed by atoms with E-state index in [-0.39, 0.29) is 35.9 Å². The van der Waals surface area contributed by atoms with E-state index in [1.807, 2.05) is 0 Å². The van der Waals surface area contributed by atoms with Gasteiger partial charge in [0.25, 0.3) is 0 Å². The average Bonchev–Trinajstić information content (AvgIpc) is 2.05. The molecular weight excluding hydrogens is 167 g/mol. The third-order valence-corrected chi connectivity index (χ3v) is 1.42. The molecule has 1 aromatic rings. The Morgan fingerprint density at radius 2 is 2.15 bits per heavy atom. The average molecular weight is 174 g/mol. The number of rotatable bonds is 2. The topological polar surface area (TPSA) is 69.6 Å². The van der Waals surface area contributed by atoms with Gasteiger partial charge in [-0.1, -0.05) is 0 Å². The van der Waals surface area contributed by atoms with Crippen molar-refractivity contribution < 1.29 is 38.6 Å². The minimum Gasteiger partial charge on any atom is -0.545 e. The Morgan fingerprint density at radius 3 is 2.62 bits per heavy atom. The first-order valence-corrected chi connectivity index (χ1v) is 3.23. The van der Waals surface area contributed by atoms with Crippen LogP contribution in [-0.2, 0) is 0 Å². The summed E-state index contributed by atoms with van der Waals surface area (Å²) < 4.78 is 4.69. The van der Waals surface area contributed by atoms with E-state index in [0.29, 0.717) is 0 Å². The quantitative estimate of drug-likeness (QED) is 0.478. The molecule has 64 valence electrons. The summed E-state index contributed by atoms with van der Waals surface area (Å²) in [6.07, 6.45) is 0. The Hall–Kier alpha value is -1.11. The molecule has 0 amide bonds. The summed E-state index contributed by atoms with van der Waals surface area (Å²) >= 11 is 0. The van der Waals surface area contributed by atoms with Crippen LogP contribution in [0.3, 0.4) is 0 Å². The number of carboxylic acid groups (broad SMARTS) is 1. The Kier molecular flexibility index (Phi) is 4.39. The third kappa shape index (κ3) is 2.69. The first kappa shape index (κ1) is 11.9. The molecule has 0 bridgehead atoms. The summed E-state index contributed by atoms with van der Waals surface area (Å²) in [4.78, 5) is 10.3. The molecule has 5 heteroatoms. The van der Waals surface area contributed by atoms with E-state index in [0.717, 1.165) is 0 Å². The van der Waals surface area contributed by atoms with Gasteiger partial charge in [-0.25, -0.2) is 0 Å². The molecule has 0 aliphatic carbocycles. The second kappa shape index (κ2) is 4.80. The Labute approximate surface area is 87.3 Å². The number of carbonyl (C=O) groups is 1. The number of ether oxygens (including phenoxy) is 1. The van der Waals surface area contributed by atoms with E-state index in [1.165, 1.54) is 25.3 Å². The van der Waals surface area contributed by atoms with Gasteiger partial charge >= 0.3 is 18.9 Å². The van der Waals surface area contributed by atoms with Crippen LogP contribution in [0.1, 0.15) is 10.4 Å². The van der Waals surface area contributed by atoms with E-state index >= 15 is 0 Å². The van der Waals surface area contributed by atoms with Crippen LogP contribution >= 0.6 is 0 Å². The molecule has 1 rings (SSSR count). The van der Waals surface area contributed by atoms with Crippen LogP contribution in [0.2, 0.25) is 0 Å². The van der Waals surface area contributed by atoms with Crippen LogP contribution in [0.15, 0.2) is 18.2 Å². The molecule has 0 radical (unpaired) electrons. The number of phenols is 1. The third-order valence-electron chi connectivity index (χ3n) is 1.42. The van der Waals surface area contributed by atoms with Gasteiger partial charge < -0.3 is 19.7 Å². The minimum atomic E-state index is -1.30. The number of hydrogen-bond acceptors (Lipinski definition) is 4. The first-order chi connectivity index (χ1) is 5.65. The van der Waals surface area contributed by atoms with E-state index in [4.69, 9.17) is 9.84 Å². The summed E-state index contributed by atoms with van der Waals surface area (Å²) in [5.74, 6) is -1.27. The van der Waals surface area contributed by atoms with Gasteiger partial charge in [-0.15, -0.1) is 0 Å². The molecule has 0 atom stereocenters. The molecule has 1 N–H and O–H groups in total. The van der Waals surface area contributed by atoms with Crippen molar-refractivity contribution in [3.05, 3.63) is 23.8 Å². The smallest absolute Gasteiger partial charge is 0.545 e. The Morgan fingerprint density at radius 1 is 1.54 bits per heavy atom.